The third-order valence-electron chi connectivity index (χ3n) is 6.94. The molecule has 0 bridgehead atoms. The Hall–Kier alpha value is -5.16. The molecule has 45 heavy (non-hydrogen) atoms. The van der Waals surface area contributed by atoms with Crippen molar-refractivity contribution in [3.8, 4) is 17.2 Å². The molecule has 0 saturated carbocycles. The molecular weight excluding hydrogens is 596 g/mol. The number of aromatic nitrogens is 1. The van der Waals surface area contributed by atoms with Crippen LogP contribution in [0.25, 0.3) is 11.8 Å². The van der Waals surface area contributed by atoms with Gasteiger partial charge in [-0.2, -0.15) is 0 Å². The van der Waals surface area contributed by atoms with Crippen molar-refractivity contribution < 1.29 is 33.3 Å². The van der Waals surface area contributed by atoms with Crippen molar-refractivity contribution in [2.24, 2.45) is 4.99 Å². The highest BCUT2D eigenvalue weighted by Gasteiger charge is 2.35. The smallest absolute Gasteiger partial charge is 0.344 e. The van der Waals surface area contributed by atoms with E-state index >= 15 is 0 Å². The molecule has 3 aromatic carbocycles. The van der Waals surface area contributed by atoms with Crippen LogP contribution in [0.5, 0.6) is 17.2 Å². The number of nitrogens with zero attached hydrogens (tertiary/aromatic N) is 2. The lowest BCUT2D eigenvalue weighted by atomic mass is 9.93. The Morgan fingerprint density at radius 3 is 2.29 bits per heavy atom. The lowest BCUT2D eigenvalue weighted by Gasteiger charge is -2.26. The second-order valence-corrected chi connectivity index (χ2v) is 10.7. The fourth-order valence-corrected chi connectivity index (χ4v) is 5.94. The van der Waals surface area contributed by atoms with E-state index in [9.17, 15) is 14.4 Å². The highest BCUT2D eigenvalue weighted by atomic mass is 32.1. The quantitative estimate of drug-likeness (QED) is 0.230. The van der Waals surface area contributed by atoms with E-state index in [1.165, 1.54) is 30.1 Å². The maximum atomic E-state index is 14.1. The molecule has 0 saturated heterocycles. The van der Waals surface area contributed by atoms with Crippen molar-refractivity contribution >= 4 is 35.0 Å². The molecule has 1 aliphatic rings. The van der Waals surface area contributed by atoms with E-state index in [0.717, 1.165) is 5.56 Å². The number of thiazole rings is 1. The number of rotatable bonds is 11. The van der Waals surface area contributed by atoms with E-state index in [1.54, 1.807) is 62.4 Å². The van der Waals surface area contributed by atoms with Crippen LogP contribution in [0, 0.1) is 0 Å². The van der Waals surface area contributed by atoms with Crippen LogP contribution in [0.4, 0.5) is 0 Å². The molecule has 1 aromatic heterocycles. The van der Waals surface area contributed by atoms with E-state index in [1.807, 2.05) is 30.3 Å². The summed E-state index contributed by atoms with van der Waals surface area (Å²) in [6, 6.07) is 20.7. The Bertz CT molecular complexity index is 1910. The number of hydrogen-bond acceptors (Lipinski definition) is 10. The Kier molecular flexibility index (Phi) is 9.79. The third kappa shape index (κ3) is 6.68. The fraction of sp³-hybridized carbons (Fsp3) is 0.235. The van der Waals surface area contributed by atoms with Gasteiger partial charge in [-0.3, -0.25) is 9.36 Å². The van der Waals surface area contributed by atoms with Crippen molar-refractivity contribution in [2.75, 3.05) is 34.0 Å². The molecule has 4 aromatic rings. The molecule has 11 heteroatoms. The number of methoxy groups -OCH3 is 2. The van der Waals surface area contributed by atoms with Gasteiger partial charge in [0, 0.05) is 5.56 Å². The SMILES string of the molecule is CCOC(=O)COc1ccc(/C=c2\sc3n(c2=O)[C@H](c2ccc(OC)c(OC)c2)C(C(=O)OCC)=C(c2ccccc2)N=3)cc1. The predicted molar refractivity (Wildman–Crippen MR) is 169 cm³/mol. The zero-order valence-electron chi connectivity index (χ0n) is 25.3. The molecule has 1 atom stereocenters. The fourth-order valence-electron chi connectivity index (χ4n) is 4.94. The highest BCUT2D eigenvalue weighted by Crippen LogP contribution is 2.38. The summed E-state index contributed by atoms with van der Waals surface area (Å²) in [6.45, 7) is 3.68. The minimum absolute atomic E-state index is 0.146. The summed E-state index contributed by atoms with van der Waals surface area (Å²) in [6.07, 6.45) is 1.75. The minimum atomic E-state index is -0.865. The average molecular weight is 629 g/mol. The van der Waals surface area contributed by atoms with Gasteiger partial charge in [0.15, 0.2) is 22.9 Å². The van der Waals surface area contributed by atoms with E-state index in [0.29, 0.717) is 43.4 Å². The first kappa shape index (κ1) is 31.3. The summed E-state index contributed by atoms with van der Waals surface area (Å²) in [5.74, 6) is 0.412. The van der Waals surface area contributed by atoms with Crippen LogP contribution in [-0.2, 0) is 19.1 Å². The van der Waals surface area contributed by atoms with Gasteiger partial charge >= 0.3 is 11.9 Å². The zero-order valence-corrected chi connectivity index (χ0v) is 26.1. The molecular formula is C34H32N2O8S. The van der Waals surface area contributed by atoms with Crippen LogP contribution < -0.4 is 29.1 Å². The first-order chi connectivity index (χ1) is 21.9. The van der Waals surface area contributed by atoms with Crippen molar-refractivity contribution in [3.05, 3.63) is 115 Å². The zero-order chi connectivity index (χ0) is 31.9. The first-order valence-corrected chi connectivity index (χ1v) is 15.1. The molecule has 0 unspecified atom stereocenters. The summed E-state index contributed by atoms with van der Waals surface area (Å²) < 4.78 is 28.9. The van der Waals surface area contributed by atoms with Crippen LogP contribution in [-0.4, -0.2) is 50.5 Å². The Morgan fingerprint density at radius 2 is 1.62 bits per heavy atom. The van der Waals surface area contributed by atoms with Crippen LogP contribution in [0.2, 0.25) is 0 Å². The number of ether oxygens (including phenoxy) is 5. The van der Waals surface area contributed by atoms with Crippen LogP contribution in [0.3, 0.4) is 0 Å². The number of hydrogen-bond donors (Lipinski definition) is 0. The predicted octanol–water partition coefficient (Wildman–Crippen LogP) is 3.89. The number of benzene rings is 3. The summed E-state index contributed by atoms with van der Waals surface area (Å²) in [5.41, 5.74) is 2.40. The largest absolute Gasteiger partial charge is 0.493 e. The van der Waals surface area contributed by atoms with Gasteiger partial charge in [0.05, 0.1) is 49.3 Å². The Balaban J connectivity index is 1.67. The summed E-state index contributed by atoms with van der Waals surface area (Å²) in [7, 11) is 3.06. The normalized spacial score (nSPS) is 14.3. The summed E-state index contributed by atoms with van der Waals surface area (Å²) in [5, 5.41) is 0. The molecule has 5 rings (SSSR count). The van der Waals surface area contributed by atoms with Gasteiger partial charge in [0.2, 0.25) is 0 Å². The molecule has 0 aliphatic carbocycles. The van der Waals surface area contributed by atoms with Gasteiger partial charge in [-0.15, -0.1) is 0 Å². The minimum Gasteiger partial charge on any atom is -0.493 e. The standard InChI is InChI=1S/C34H32N2O8S/c1-5-42-28(37)20-44-24-15-12-21(13-16-24)18-27-32(38)36-31(23-14-17-25(40-3)26(19-23)41-4)29(33(39)43-6-2)30(35-34(36)45-27)22-10-8-7-9-11-22/h7-19,31H,5-6,20H2,1-4H3/b27-18-/t31-/m1/s1. The molecule has 0 spiro atoms. The number of fused-ring (bicyclic) bond motifs is 1. The number of carbonyl (C=O) groups is 2. The van der Waals surface area contributed by atoms with Crippen molar-refractivity contribution in [3.63, 3.8) is 0 Å². The molecule has 0 N–H and O–H groups in total. The maximum absolute atomic E-state index is 14.1. The van der Waals surface area contributed by atoms with Gasteiger partial charge in [0.25, 0.3) is 5.56 Å². The van der Waals surface area contributed by atoms with E-state index < -0.39 is 18.0 Å². The second kappa shape index (κ2) is 14.1. The van der Waals surface area contributed by atoms with Gasteiger partial charge in [-0.1, -0.05) is 59.9 Å². The number of carbonyl (C=O) groups excluding carboxylic acids is 2. The second-order valence-electron chi connectivity index (χ2n) is 9.71. The van der Waals surface area contributed by atoms with Gasteiger partial charge in [0.1, 0.15) is 5.75 Å². The topological polar surface area (TPSA) is 115 Å². The summed E-state index contributed by atoms with van der Waals surface area (Å²) >= 11 is 1.22. The Labute approximate surface area is 263 Å². The van der Waals surface area contributed by atoms with E-state index in [2.05, 4.69) is 0 Å². The van der Waals surface area contributed by atoms with Crippen LogP contribution in [0.1, 0.15) is 36.6 Å². The molecule has 0 fully saturated rings. The highest BCUT2D eigenvalue weighted by molar-refractivity contribution is 7.07. The molecule has 10 nitrogen and oxygen atoms in total. The average Bonchev–Trinajstić information content (AvgIpc) is 3.37. The van der Waals surface area contributed by atoms with Gasteiger partial charge < -0.3 is 23.7 Å². The van der Waals surface area contributed by atoms with E-state index in [4.69, 9.17) is 28.7 Å². The molecule has 2 heterocycles. The molecule has 0 radical (unpaired) electrons. The van der Waals surface area contributed by atoms with Crippen LogP contribution in [0.15, 0.2) is 88.2 Å². The van der Waals surface area contributed by atoms with E-state index in [-0.39, 0.29) is 31.0 Å². The van der Waals surface area contributed by atoms with Crippen LogP contribution >= 0.6 is 11.3 Å². The van der Waals surface area contributed by atoms with Crippen molar-refractivity contribution in [1.82, 2.24) is 4.57 Å². The number of esters is 2. The maximum Gasteiger partial charge on any atom is 0.344 e. The van der Waals surface area contributed by atoms with Crippen molar-refractivity contribution in [2.45, 2.75) is 19.9 Å². The molecule has 0 amide bonds. The summed E-state index contributed by atoms with van der Waals surface area (Å²) in [4.78, 5) is 44.7. The lowest BCUT2D eigenvalue weighted by Crippen LogP contribution is -2.40. The monoisotopic (exact) mass is 628 g/mol. The lowest BCUT2D eigenvalue weighted by molar-refractivity contribution is -0.145. The molecule has 232 valence electrons. The van der Waals surface area contributed by atoms with Gasteiger partial charge in [-0.05, 0) is 55.3 Å². The van der Waals surface area contributed by atoms with Gasteiger partial charge in [-0.25, -0.2) is 14.6 Å². The Morgan fingerprint density at radius 1 is 0.911 bits per heavy atom. The first-order valence-electron chi connectivity index (χ1n) is 14.3. The third-order valence-corrected chi connectivity index (χ3v) is 7.92. The van der Waals surface area contributed by atoms with Crippen molar-refractivity contribution in [1.29, 1.82) is 0 Å². The molecule has 1 aliphatic heterocycles.